The summed E-state index contributed by atoms with van der Waals surface area (Å²) >= 11 is 1.47. The van der Waals surface area contributed by atoms with E-state index in [2.05, 4.69) is 10.3 Å². The molecule has 0 spiro atoms. The van der Waals surface area contributed by atoms with Gasteiger partial charge in [-0.15, -0.1) is 0 Å². The van der Waals surface area contributed by atoms with Crippen LogP contribution in [0.15, 0.2) is 41.4 Å². The van der Waals surface area contributed by atoms with E-state index in [0.717, 1.165) is 12.1 Å². The van der Waals surface area contributed by atoms with Crippen LogP contribution >= 0.6 is 19.4 Å². The fraction of sp³-hybridized carbons (Fsp3) is 0.300. The van der Waals surface area contributed by atoms with Crippen molar-refractivity contribution < 1.29 is 33.0 Å². The summed E-state index contributed by atoms with van der Waals surface area (Å²) in [5.41, 5.74) is 0.253. The molecule has 3 N–H and O–H groups in total. The van der Waals surface area contributed by atoms with Crippen LogP contribution in [-0.4, -0.2) is 38.8 Å². The maximum absolute atomic E-state index is 14.1. The minimum absolute atomic E-state index is 0.00676. The lowest BCUT2D eigenvalue weighted by Gasteiger charge is -2.15. The summed E-state index contributed by atoms with van der Waals surface area (Å²) in [5.74, 6) is -0.918. The van der Waals surface area contributed by atoms with Gasteiger partial charge in [0, 0.05) is 22.9 Å². The minimum Gasteiger partial charge on any atom is -0.491 e. The van der Waals surface area contributed by atoms with Crippen molar-refractivity contribution in [1.82, 2.24) is 5.32 Å². The highest BCUT2D eigenvalue weighted by Crippen LogP contribution is 2.36. The molecule has 166 valence electrons. The number of hydrogen-bond acceptors (Lipinski definition) is 6. The molecule has 3 rings (SSSR count). The van der Waals surface area contributed by atoms with E-state index in [1.165, 1.54) is 30.0 Å². The fourth-order valence-electron chi connectivity index (χ4n) is 2.74. The van der Waals surface area contributed by atoms with E-state index in [0.29, 0.717) is 17.5 Å². The largest absolute Gasteiger partial charge is 0.491 e. The summed E-state index contributed by atoms with van der Waals surface area (Å²) in [4.78, 5) is 35.3. The molecule has 0 saturated heterocycles. The molecular weight excluding hydrogens is 446 g/mol. The zero-order valence-corrected chi connectivity index (χ0v) is 18.7. The molecule has 1 aliphatic heterocycles. The second-order valence-corrected chi connectivity index (χ2v) is 10.1. The second-order valence-electron chi connectivity index (χ2n) is 7.15. The summed E-state index contributed by atoms with van der Waals surface area (Å²) in [7, 11) is -4.74. The molecule has 1 atom stereocenters. The monoisotopic (exact) mass is 468 g/mol. The Labute approximate surface area is 183 Å². The van der Waals surface area contributed by atoms with E-state index >= 15 is 0 Å². The minimum atomic E-state index is -4.74. The molecule has 11 heteroatoms. The van der Waals surface area contributed by atoms with E-state index in [-0.39, 0.29) is 28.4 Å². The lowest BCUT2D eigenvalue weighted by molar-refractivity contribution is 0.0976. The highest BCUT2D eigenvalue weighted by molar-refractivity contribution is 8.14. The van der Waals surface area contributed by atoms with Crippen molar-refractivity contribution in [3.63, 3.8) is 0 Å². The first-order valence-electron chi connectivity index (χ1n) is 9.39. The smallest absolute Gasteiger partial charge is 0.359 e. The van der Waals surface area contributed by atoms with Crippen molar-refractivity contribution in [2.24, 2.45) is 4.99 Å². The third-order valence-electron chi connectivity index (χ3n) is 4.01. The Balaban J connectivity index is 1.87. The molecule has 0 saturated carbocycles. The number of carbonyl (C=O) groups excluding carboxylic acids is 1. The number of nitrogens with one attached hydrogen (secondary N) is 1. The SMILES string of the molecule is CC(C)Oc1cc(Oc2ccc(P(=O)(O)O)c(F)c2)cc(C(=O)NC2=NCC(C)S2)c1. The normalized spacial score (nSPS) is 16.2. The number of nitrogens with zero attached hydrogens (tertiary/aromatic N) is 1. The summed E-state index contributed by atoms with van der Waals surface area (Å²) < 4.78 is 36.7. The lowest BCUT2D eigenvalue weighted by atomic mass is 10.2. The maximum Gasteiger partial charge on any atom is 0.359 e. The van der Waals surface area contributed by atoms with Crippen LogP contribution in [0, 0.1) is 5.82 Å². The zero-order valence-electron chi connectivity index (χ0n) is 17.0. The summed E-state index contributed by atoms with van der Waals surface area (Å²) in [5, 5.41) is 2.85. The number of carbonyl (C=O) groups is 1. The van der Waals surface area contributed by atoms with Gasteiger partial charge in [-0.1, -0.05) is 18.7 Å². The number of benzene rings is 2. The fourth-order valence-corrected chi connectivity index (χ4v) is 4.18. The number of amidine groups is 1. The molecule has 0 radical (unpaired) electrons. The summed E-state index contributed by atoms with van der Waals surface area (Å²) in [6, 6.07) is 7.62. The number of halogens is 1. The Bertz CT molecular complexity index is 1070. The lowest BCUT2D eigenvalue weighted by Crippen LogP contribution is -2.27. The summed E-state index contributed by atoms with van der Waals surface area (Å²) in [6.07, 6.45) is -0.165. The second kappa shape index (κ2) is 9.40. The van der Waals surface area contributed by atoms with E-state index in [1.54, 1.807) is 6.07 Å². The molecule has 2 aromatic carbocycles. The molecule has 31 heavy (non-hydrogen) atoms. The van der Waals surface area contributed by atoms with Gasteiger partial charge < -0.3 is 24.6 Å². The topological polar surface area (TPSA) is 117 Å². The maximum atomic E-state index is 14.1. The predicted octanol–water partition coefficient (Wildman–Crippen LogP) is 3.43. The van der Waals surface area contributed by atoms with Gasteiger partial charge >= 0.3 is 7.60 Å². The number of hydrogen-bond donors (Lipinski definition) is 3. The van der Waals surface area contributed by atoms with Crippen LogP contribution in [0.5, 0.6) is 17.2 Å². The van der Waals surface area contributed by atoms with Crippen LogP contribution in [0.2, 0.25) is 0 Å². The highest BCUT2D eigenvalue weighted by atomic mass is 32.2. The standard InChI is InChI=1S/C20H22FN2O6PS/c1-11(2)28-15-6-13(19(24)23-20-22-10-12(3)31-20)7-16(8-15)29-14-4-5-18(17(21)9-14)30(25,26)27/h4-9,11-12H,10H2,1-3H3,(H,22,23,24)(H2,25,26,27). The predicted molar refractivity (Wildman–Crippen MR) is 117 cm³/mol. The molecule has 0 aromatic heterocycles. The first-order valence-corrected chi connectivity index (χ1v) is 11.9. The average molecular weight is 468 g/mol. The average Bonchev–Trinajstić information content (AvgIpc) is 3.04. The molecule has 1 amide bonds. The van der Waals surface area contributed by atoms with Crippen molar-refractivity contribution in [2.75, 3.05) is 6.54 Å². The van der Waals surface area contributed by atoms with Gasteiger partial charge in [0.2, 0.25) is 0 Å². The Hall–Kier alpha value is -2.39. The van der Waals surface area contributed by atoms with E-state index < -0.39 is 24.6 Å². The van der Waals surface area contributed by atoms with Crippen molar-refractivity contribution in [2.45, 2.75) is 32.1 Å². The van der Waals surface area contributed by atoms with Crippen LogP contribution in [-0.2, 0) is 4.57 Å². The number of thioether (sulfide) groups is 1. The number of rotatable bonds is 6. The van der Waals surface area contributed by atoms with Gasteiger partial charge in [-0.3, -0.25) is 14.4 Å². The third-order valence-corrected chi connectivity index (χ3v) is 6.00. The van der Waals surface area contributed by atoms with Crippen molar-refractivity contribution in [3.8, 4) is 17.2 Å². The van der Waals surface area contributed by atoms with Gasteiger partial charge in [0.15, 0.2) is 5.17 Å². The van der Waals surface area contributed by atoms with Gasteiger partial charge in [0.1, 0.15) is 23.1 Å². The molecule has 1 aliphatic rings. The van der Waals surface area contributed by atoms with Gasteiger partial charge in [-0.05, 0) is 38.1 Å². The van der Waals surface area contributed by atoms with E-state index in [4.69, 9.17) is 19.3 Å². The zero-order chi connectivity index (χ0) is 22.8. The quantitative estimate of drug-likeness (QED) is 0.556. The number of aliphatic imine (C=N–C) groups is 1. The molecule has 0 fully saturated rings. The van der Waals surface area contributed by atoms with Crippen LogP contribution in [0.1, 0.15) is 31.1 Å². The Morgan fingerprint density at radius 1 is 1.23 bits per heavy atom. The van der Waals surface area contributed by atoms with Gasteiger partial charge in [-0.25, -0.2) is 4.39 Å². The van der Waals surface area contributed by atoms with Crippen molar-refractivity contribution >= 4 is 35.7 Å². The molecule has 1 unspecified atom stereocenters. The number of amides is 1. The van der Waals surface area contributed by atoms with Crippen molar-refractivity contribution in [3.05, 3.63) is 47.8 Å². The molecule has 1 heterocycles. The van der Waals surface area contributed by atoms with Crippen molar-refractivity contribution in [1.29, 1.82) is 0 Å². The first-order chi connectivity index (χ1) is 14.5. The molecular formula is C20H22FN2O6PS. The molecule has 2 aromatic rings. The van der Waals surface area contributed by atoms with Crippen LogP contribution in [0.3, 0.4) is 0 Å². The Morgan fingerprint density at radius 3 is 2.52 bits per heavy atom. The number of ether oxygens (including phenoxy) is 2. The third kappa shape index (κ3) is 6.30. The Kier molecular flexibility index (Phi) is 7.06. The van der Waals surface area contributed by atoms with Crippen LogP contribution in [0.4, 0.5) is 4.39 Å². The molecule has 0 bridgehead atoms. The Morgan fingerprint density at radius 2 is 1.94 bits per heavy atom. The molecule has 8 nitrogen and oxygen atoms in total. The van der Waals surface area contributed by atoms with Crippen LogP contribution < -0.4 is 20.1 Å². The van der Waals surface area contributed by atoms with Crippen LogP contribution in [0.25, 0.3) is 0 Å². The van der Waals surface area contributed by atoms with Gasteiger partial charge in [0.25, 0.3) is 5.91 Å². The highest BCUT2D eigenvalue weighted by Gasteiger charge is 2.23. The molecule has 0 aliphatic carbocycles. The van der Waals surface area contributed by atoms with E-state index in [1.807, 2.05) is 20.8 Å². The van der Waals surface area contributed by atoms with Gasteiger partial charge in [0.05, 0.1) is 18.0 Å². The first kappa shape index (κ1) is 23.3. The van der Waals surface area contributed by atoms with Gasteiger partial charge in [-0.2, -0.15) is 0 Å². The van der Waals surface area contributed by atoms with E-state index in [9.17, 15) is 13.8 Å². The summed E-state index contributed by atoms with van der Waals surface area (Å²) in [6.45, 7) is 6.29.